The van der Waals surface area contributed by atoms with Crippen LogP contribution in [0.1, 0.15) is 23.2 Å². The maximum absolute atomic E-state index is 12.5. The highest BCUT2D eigenvalue weighted by Gasteiger charge is 2.23. The lowest BCUT2D eigenvalue weighted by Crippen LogP contribution is -2.40. The van der Waals surface area contributed by atoms with E-state index in [1.165, 1.54) is 6.33 Å². The third-order valence-electron chi connectivity index (χ3n) is 4.12. The van der Waals surface area contributed by atoms with Gasteiger partial charge in [-0.05, 0) is 67.0 Å². The SMILES string of the molecule is CNCC1CCN(C(=O)c2ccc(-n3cnnn3)cc2)CC1.Cl. The highest BCUT2D eigenvalue weighted by Crippen LogP contribution is 2.19. The number of carbonyl (C=O) groups is 1. The number of rotatable bonds is 4. The van der Waals surface area contributed by atoms with E-state index in [-0.39, 0.29) is 18.3 Å². The van der Waals surface area contributed by atoms with E-state index in [9.17, 15) is 4.79 Å². The van der Waals surface area contributed by atoms with Crippen LogP contribution >= 0.6 is 12.4 Å². The van der Waals surface area contributed by atoms with Crippen LogP contribution in [0, 0.1) is 5.92 Å². The third kappa shape index (κ3) is 4.05. The molecule has 23 heavy (non-hydrogen) atoms. The molecule has 0 atom stereocenters. The molecule has 1 fully saturated rings. The normalized spacial score (nSPS) is 15.3. The van der Waals surface area contributed by atoms with Crippen molar-refractivity contribution < 1.29 is 4.79 Å². The van der Waals surface area contributed by atoms with Crippen LogP contribution in [0.2, 0.25) is 0 Å². The van der Waals surface area contributed by atoms with Gasteiger partial charge in [-0.15, -0.1) is 17.5 Å². The van der Waals surface area contributed by atoms with Crippen LogP contribution in [0.4, 0.5) is 0 Å². The summed E-state index contributed by atoms with van der Waals surface area (Å²) in [5.74, 6) is 0.780. The number of nitrogens with zero attached hydrogens (tertiary/aromatic N) is 5. The van der Waals surface area contributed by atoms with E-state index in [1.54, 1.807) is 4.68 Å². The Balaban J connectivity index is 0.00000192. The average Bonchev–Trinajstić information content (AvgIpc) is 3.10. The maximum Gasteiger partial charge on any atom is 0.253 e. The largest absolute Gasteiger partial charge is 0.339 e. The van der Waals surface area contributed by atoms with Gasteiger partial charge >= 0.3 is 0 Å². The minimum atomic E-state index is 0. The Kier molecular flexibility index (Phi) is 6.06. The van der Waals surface area contributed by atoms with Crippen LogP contribution in [-0.2, 0) is 0 Å². The minimum Gasteiger partial charge on any atom is -0.339 e. The number of halogens is 1. The van der Waals surface area contributed by atoms with E-state index in [4.69, 9.17) is 0 Å². The topological polar surface area (TPSA) is 75.9 Å². The predicted octanol–water partition coefficient (Wildman–Crippen LogP) is 1.16. The molecule has 8 heteroatoms. The summed E-state index contributed by atoms with van der Waals surface area (Å²) < 4.78 is 1.57. The standard InChI is InChI=1S/C15H20N6O.ClH/c1-16-10-12-6-8-20(9-7-12)15(22)13-2-4-14(5-3-13)21-11-17-18-19-21;/h2-5,11-12,16H,6-10H2,1H3;1H. The summed E-state index contributed by atoms with van der Waals surface area (Å²) in [6.45, 7) is 2.70. The first kappa shape index (κ1) is 17.4. The van der Waals surface area contributed by atoms with Gasteiger partial charge in [0.2, 0.25) is 0 Å². The highest BCUT2D eigenvalue weighted by molar-refractivity contribution is 5.94. The fraction of sp³-hybridized carbons (Fsp3) is 0.467. The molecule has 1 saturated heterocycles. The minimum absolute atomic E-state index is 0. The van der Waals surface area contributed by atoms with Crippen LogP contribution in [0.3, 0.4) is 0 Å². The number of carbonyl (C=O) groups excluding carboxylic acids is 1. The number of hydrogen-bond donors (Lipinski definition) is 1. The molecule has 0 unspecified atom stereocenters. The lowest BCUT2D eigenvalue weighted by molar-refractivity contribution is 0.0691. The Hall–Kier alpha value is -1.99. The van der Waals surface area contributed by atoms with Gasteiger partial charge in [0.05, 0.1) is 5.69 Å². The number of benzene rings is 1. The molecule has 0 spiro atoms. The van der Waals surface area contributed by atoms with Gasteiger partial charge < -0.3 is 10.2 Å². The Labute approximate surface area is 141 Å². The molecule has 2 aromatic rings. The molecular weight excluding hydrogens is 316 g/mol. The van der Waals surface area contributed by atoms with Gasteiger partial charge in [0, 0.05) is 18.7 Å². The lowest BCUT2D eigenvalue weighted by atomic mass is 9.96. The van der Waals surface area contributed by atoms with Crippen molar-refractivity contribution in [2.75, 3.05) is 26.7 Å². The van der Waals surface area contributed by atoms with Crippen molar-refractivity contribution in [3.8, 4) is 5.69 Å². The fourth-order valence-corrected chi connectivity index (χ4v) is 2.85. The van der Waals surface area contributed by atoms with E-state index in [1.807, 2.05) is 36.2 Å². The Morgan fingerprint density at radius 1 is 1.26 bits per heavy atom. The smallest absolute Gasteiger partial charge is 0.253 e. The molecule has 1 aliphatic heterocycles. The lowest BCUT2D eigenvalue weighted by Gasteiger charge is -2.32. The first-order chi connectivity index (χ1) is 10.8. The molecule has 1 aromatic heterocycles. The second kappa shape index (κ2) is 8.03. The van der Waals surface area contributed by atoms with Crippen molar-refractivity contribution in [1.82, 2.24) is 30.4 Å². The predicted molar refractivity (Wildman–Crippen MR) is 89.0 cm³/mol. The van der Waals surface area contributed by atoms with Crippen molar-refractivity contribution in [3.63, 3.8) is 0 Å². The third-order valence-corrected chi connectivity index (χ3v) is 4.12. The average molecular weight is 337 g/mol. The van der Waals surface area contributed by atoms with E-state index in [0.29, 0.717) is 11.5 Å². The van der Waals surface area contributed by atoms with Crippen LogP contribution < -0.4 is 5.32 Å². The molecule has 0 radical (unpaired) electrons. The van der Waals surface area contributed by atoms with Crippen molar-refractivity contribution in [3.05, 3.63) is 36.2 Å². The number of hydrogen-bond acceptors (Lipinski definition) is 5. The van der Waals surface area contributed by atoms with Crippen LogP contribution in [0.5, 0.6) is 0 Å². The van der Waals surface area contributed by atoms with Crippen LogP contribution in [-0.4, -0.2) is 57.7 Å². The van der Waals surface area contributed by atoms with Crippen molar-refractivity contribution >= 4 is 18.3 Å². The van der Waals surface area contributed by atoms with Crippen molar-refractivity contribution in [2.24, 2.45) is 5.92 Å². The molecule has 1 N–H and O–H groups in total. The molecule has 0 bridgehead atoms. The Morgan fingerprint density at radius 2 is 1.96 bits per heavy atom. The molecule has 1 aromatic carbocycles. The highest BCUT2D eigenvalue weighted by atomic mass is 35.5. The van der Waals surface area contributed by atoms with Gasteiger partial charge in [0.25, 0.3) is 5.91 Å². The van der Waals surface area contributed by atoms with E-state index < -0.39 is 0 Å². The van der Waals surface area contributed by atoms with E-state index in [0.717, 1.165) is 38.2 Å². The molecule has 2 heterocycles. The van der Waals surface area contributed by atoms with Crippen molar-refractivity contribution in [1.29, 1.82) is 0 Å². The maximum atomic E-state index is 12.5. The van der Waals surface area contributed by atoms with Crippen molar-refractivity contribution in [2.45, 2.75) is 12.8 Å². The summed E-state index contributed by atoms with van der Waals surface area (Å²) in [4.78, 5) is 14.5. The first-order valence-electron chi connectivity index (χ1n) is 7.55. The zero-order valence-corrected chi connectivity index (χ0v) is 13.9. The monoisotopic (exact) mass is 336 g/mol. The zero-order valence-electron chi connectivity index (χ0n) is 13.1. The number of nitrogens with one attached hydrogen (secondary N) is 1. The fourth-order valence-electron chi connectivity index (χ4n) is 2.85. The van der Waals surface area contributed by atoms with Gasteiger partial charge in [0.1, 0.15) is 6.33 Å². The number of likely N-dealkylation sites (tertiary alicyclic amines) is 1. The second-order valence-electron chi connectivity index (χ2n) is 5.59. The summed E-state index contributed by atoms with van der Waals surface area (Å²) >= 11 is 0. The molecular formula is C15H21ClN6O. The molecule has 1 amide bonds. The van der Waals surface area contributed by atoms with Gasteiger partial charge in [-0.2, -0.15) is 0 Å². The van der Waals surface area contributed by atoms with E-state index >= 15 is 0 Å². The van der Waals surface area contributed by atoms with Gasteiger partial charge in [-0.3, -0.25) is 4.79 Å². The number of tetrazole rings is 1. The van der Waals surface area contributed by atoms with Crippen LogP contribution in [0.25, 0.3) is 5.69 Å². The van der Waals surface area contributed by atoms with Gasteiger partial charge in [-0.1, -0.05) is 0 Å². The number of piperidine rings is 1. The summed E-state index contributed by atoms with van der Waals surface area (Å²) in [5.41, 5.74) is 1.55. The molecule has 7 nitrogen and oxygen atoms in total. The zero-order chi connectivity index (χ0) is 15.4. The Bertz CT molecular complexity index is 607. The van der Waals surface area contributed by atoms with E-state index in [2.05, 4.69) is 20.8 Å². The number of amides is 1. The Morgan fingerprint density at radius 3 is 2.52 bits per heavy atom. The number of aromatic nitrogens is 4. The second-order valence-corrected chi connectivity index (χ2v) is 5.59. The van der Waals surface area contributed by atoms with Gasteiger partial charge in [-0.25, -0.2) is 4.68 Å². The first-order valence-corrected chi connectivity index (χ1v) is 7.55. The van der Waals surface area contributed by atoms with Gasteiger partial charge in [0.15, 0.2) is 0 Å². The quantitative estimate of drug-likeness (QED) is 0.906. The van der Waals surface area contributed by atoms with Crippen LogP contribution in [0.15, 0.2) is 30.6 Å². The summed E-state index contributed by atoms with van der Waals surface area (Å²) in [7, 11) is 1.98. The molecule has 0 aliphatic carbocycles. The molecule has 1 aliphatic rings. The molecule has 0 saturated carbocycles. The summed E-state index contributed by atoms with van der Waals surface area (Å²) in [6, 6.07) is 7.38. The summed E-state index contributed by atoms with van der Waals surface area (Å²) in [5, 5.41) is 14.2. The molecule has 3 rings (SSSR count). The molecule has 124 valence electrons. The summed E-state index contributed by atoms with van der Waals surface area (Å²) in [6.07, 6.45) is 3.66.